The largest absolute Gasteiger partial charge is 0.493 e. The standard InChI is InChI=1S/C20H28N2O6/c1-4-8-21-18(23)5-6-19(24)22-9-7-13-10-16(27-2)17(28-3)11-14(13)15(22)12-20(25)26/h10-11,15H,4-9,12H2,1-3H3,(H,21,23)(H,25,26). The number of fused-ring (bicyclic) bond motifs is 1. The van der Waals surface area contributed by atoms with Gasteiger partial charge in [0.25, 0.3) is 0 Å². The van der Waals surface area contributed by atoms with Crippen LogP contribution in [0.3, 0.4) is 0 Å². The Balaban J connectivity index is 2.23. The van der Waals surface area contributed by atoms with Crippen LogP contribution in [0.15, 0.2) is 12.1 Å². The molecular formula is C20H28N2O6. The first-order valence-corrected chi connectivity index (χ1v) is 9.44. The summed E-state index contributed by atoms with van der Waals surface area (Å²) in [7, 11) is 3.05. The number of amides is 2. The third kappa shape index (κ3) is 5.15. The zero-order valence-corrected chi connectivity index (χ0v) is 16.6. The summed E-state index contributed by atoms with van der Waals surface area (Å²) in [6.07, 6.45) is 1.34. The Hall–Kier alpha value is -2.77. The van der Waals surface area contributed by atoms with Crippen LogP contribution in [0.1, 0.15) is 49.8 Å². The van der Waals surface area contributed by atoms with Crippen LogP contribution in [0, 0.1) is 0 Å². The number of nitrogens with one attached hydrogen (secondary N) is 1. The van der Waals surface area contributed by atoms with E-state index < -0.39 is 12.0 Å². The molecule has 154 valence electrons. The van der Waals surface area contributed by atoms with Gasteiger partial charge in [-0.25, -0.2) is 0 Å². The molecule has 0 saturated carbocycles. The Labute approximate surface area is 164 Å². The lowest BCUT2D eigenvalue weighted by Crippen LogP contribution is -2.41. The summed E-state index contributed by atoms with van der Waals surface area (Å²) in [5, 5.41) is 12.1. The lowest BCUT2D eigenvalue weighted by Gasteiger charge is -2.37. The molecule has 0 fully saturated rings. The molecule has 2 amide bonds. The molecular weight excluding hydrogens is 364 g/mol. The quantitative estimate of drug-likeness (QED) is 0.665. The summed E-state index contributed by atoms with van der Waals surface area (Å²) < 4.78 is 10.7. The van der Waals surface area contributed by atoms with Crippen molar-refractivity contribution in [2.75, 3.05) is 27.3 Å². The van der Waals surface area contributed by atoms with E-state index in [0.29, 0.717) is 31.0 Å². The molecule has 1 heterocycles. The van der Waals surface area contributed by atoms with Crippen LogP contribution < -0.4 is 14.8 Å². The molecule has 1 unspecified atom stereocenters. The fraction of sp³-hybridized carbons (Fsp3) is 0.550. The van der Waals surface area contributed by atoms with E-state index in [1.165, 1.54) is 7.11 Å². The Morgan fingerprint density at radius 1 is 1.18 bits per heavy atom. The highest BCUT2D eigenvalue weighted by Crippen LogP contribution is 2.39. The van der Waals surface area contributed by atoms with E-state index in [9.17, 15) is 19.5 Å². The number of rotatable bonds is 9. The van der Waals surface area contributed by atoms with E-state index in [0.717, 1.165) is 17.5 Å². The minimum absolute atomic E-state index is 0.0499. The van der Waals surface area contributed by atoms with Crippen molar-refractivity contribution in [2.24, 2.45) is 0 Å². The van der Waals surface area contributed by atoms with E-state index in [1.807, 2.05) is 13.0 Å². The molecule has 8 heteroatoms. The second-order valence-electron chi connectivity index (χ2n) is 6.71. The van der Waals surface area contributed by atoms with Gasteiger partial charge in [-0.05, 0) is 36.1 Å². The molecule has 0 bridgehead atoms. The van der Waals surface area contributed by atoms with E-state index in [2.05, 4.69) is 5.32 Å². The van der Waals surface area contributed by atoms with Crippen LogP contribution in [0.4, 0.5) is 0 Å². The number of carboxylic acids is 1. The van der Waals surface area contributed by atoms with Crippen LogP contribution in [0.25, 0.3) is 0 Å². The van der Waals surface area contributed by atoms with Gasteiger partial charge in [-0.3, -0.25) is 14.4 Å². The van der Waals surface area contributed by atoms with Gasteiger partial charge in [0.1, 0.15) is 0 Å². The van der Waals surface area contributed by atoms with Gasteiger partial charge in [-0.15, -0.1) is 0 Å². The average Bonchev–Trinajstić information content (AvgIpc) is 2.69. The van der Waals surface area contributed by atoms with Gasteiger partial charge >= 0.3 is 5.97 Å². The molecule has 2 rings (SSSR count). The lowest BCUT2D eigenvalue weighted by atomic mass is 9.89. The molecule has 0 aliphatic carbocycles. The van der Waals surface area contributed by atoms with Crippen molar-refractivity contribution in [3.8, 4) is 11.5 Å². The molecule has 1 aromatic rings. The number of aliphatic carboxylic acids is 1. The van der Waals surface area contributed by atoms with E-state index in [1.54, 1.807) is 18.1 Å². The van der Waals surface area contributed by atoms with Crippen molar-refractivity contribution in [3.05, 3.63) is 23.3 Å². The number of hydrogen-bond acceptors (Lipinski definition) is 5. The van der Waals surface area contributed by atoms with Crippen LogP contribution >= 0.6 is 0 Å². The van der Waals surface area contributed by atoms with Gasteiger partial charge in [0.05, 0.1) is 26.7 Å². The summed E-state index contributed by atoms with van der Waals surface area (Å²) in [4.78, 5) is 37.6. The Bertz CT molecular complexity index is 734. The van der Waals surface area contributed by atoms with E-state index >= 15 is 0 Å². The van der Waals surface area contributed by atoms with Gasteiger partial charge in [-0.2, -0.15) is 0 Å². The number of carbonyl (C=O) groups is 3. The van der Waals surface area contributed by atoms with Crippen LogP contribution in [-0.2, 0) is 20.8 Å². The number of benzene rings is 1. The minimum Gasteiger partial charge on any atom is -0.493 e. The second kappa shape index (κ2) is 9.96. The molecule has 0 radical (unpaired) electrons. The van der Waals surface area contributed by atoms with Crippen LogP contribution in [0.5, 0.6) is 11.5 Å². The van der Waals surface area contributed by atoms with Crippen molar-refractivity contribution in [3.63, 3.8) is 0 Å². The summed E-state index contributed by atoms with van der Waals surface area (Å²) in [5.74, 6) is -0.328. The number of carbonyl (C=O) groups excluding carboxylic acids is 2. The maximum Gasteiger partial charge on any atom is 0.305 e. The fourth-order valence-electron chi connectivity index (χ4n) is 3.43. The summed E-state index contributed by atoms with van der Waals surface area (Å²) in [6, 6.07) is 2.98. The molecule has 0 saturated heterocycles. The average molecular weight is 392 g/mol. The molecule has 0 aromatic heterocycles. The number of hydrogen-bond donors (Lipinski definition) is 2. The molecule has 1 aliphatic heterocycles. The molecule has 1 aliphatic rings. The van der Waals surface area contributed by atoms with Crippen molar-refractivity contribution in [2.45, 2.75) is 45.1 Å². The predicted molar refractivity (Wildman–Crippen MR) is 102 cm³/mol. The fourth-order valence-corrected chi connectivity index (χ4v) is 3.43. The number of nitrogens with zero attached hydrogens (tertiary/aromatic N) is 1. The second-order valence-corrected chi connectivity index (χ2v) is 6.71. The molecule has 1 atom stereocenters. The Kier molecular flexibility index (Phi) is 7.66. The van der Waals surface area contributed by atoms with Crippen molar-refractivity contribution < 1.29 is 29.0 Å². The number of ether oxygens (including phenoxy) is 2. The first kappa shape index (κ1) is 21.5. The van der Waals surface area contributed by atoms with E-state index in [4.69, 9.17) is 9.47 Å². The maximum atomic E-state index is 12.8. The van der Waals surface area contributed by atoms with Crippen LogP contribution in [0.2, 0.25) is 0 Å². The highest BCUT2D eigenvalue weighted by atomic mass is 16.5. The molecule has 8 nitrogen and oxygen atoms in total. The Morgan fingerprint density at radius 2 is 1.86 bits per heavy atom. The third-order valence-corrected chi connectivity index (χ3v) is 4.83. The van der Waals surface area contributed by atoms with Crippen molar-refractivity contribution in [1.82, 2.24) is 10.2 Å². The van der Waals surface area contributed by atoms with Gasteiger partial charge in [0.15, 0.2) is 11.5 Å². The highest BCUT2D eigenvalue weighted by Gasteiger charge is 2.33. The van der Waals surface area contributed by atoms with Gasteiger partial charge < -0.3 is 24.8 Å². The molecule has 1 aromatic carbocycles. The Morgan fingerprint density at radius 3 is 2.46 bits per heavy atom. The van der Waals surface area contributed by atoms with Gasteiger partial charge in [0.2, 0.25) is 11.8 Å². The van der Waals surface area contributed by atoms with E-state index in [-0.39, 0.29) is 31.1 Å². The number of methoxy groups -OCH3 is 2. The minimum atomic E-state index is -0.994. The SMILES string of the molecule is CCCNC(=O)CCC(=O)N1CCc2cc(OC)c(OC)cc2C1CC(=O)O. The topological polar surface area (TPSA) is 105 Å². The smallest absolute Gasteiger partial charge is 0.305 e. The van der Waals surface area contributed by atoms with Gasteiger partial charge in [-0.1, -0.05) is 6.92 Å². The molecule has 28 heavy (non-hydrogen) atoms. The number of carboxylic acid groups (broad SMARTS) is 1. The highest BCUT2D eigenvalue weighted by molar-refractivity contribution is 5.84. The first-order chi connectivity index (χ1) is 13.4. The van der Waals surface area contributed by atoms with Crippen molar-refractivity contribution in [1.29, 1.82) is 0 Å². The summed E-state index contributed by atoms with van der Waals surface area (Å²) in [5.41, 5.74) is 1.68. The van der Waals surface area contributed by atoms with Crippen LogP contribution in [-0.4, -0.2) is 55.1 Å². The monoisotopic (exact) mass is 392 g/mol. The van der Waals surface area contributed by atoms with Crippen molar-refractivity contribution >= 4 is 17.8 Å². The summed E-state index contributed by atoms with van der Waals surface area (Å²) >= 11 is 0. The predicted octanol–water partition coefficient (Wildman–Crippen LogP) is 1.91. The lowest BCUT2D eigenvalue weighted by molar-refractivity contribution is -0.142. The summed E-state index contributed by atoms with van der Waals surface area (Å²) in [6.45, 7) is 2.93. The molecule has 2 N–H and O–H groups in total. The zero-order valence-electron chi connectivity index (χ0n) is 16.6. The normalized spacial score (nSPS) is 15.5. The molecule has 0 spiro atoms. The third-order valence-electron chi connectivity index (χ3n) is 4.83. The van der Waals surface area contributed by atoms with Gasteiger partial charge in [0, 0.05) is 25.9 Å². The zero-order chi connectivity index (χ0) is 20.7. The maximum absolute atomic E-state index is 12.8. The first-order valence-electron chi connectivity index (χ1n) is 9.44.